The highest BCUT2D eigenvalue weighted by molar-refractivity contribution is 5.77. The summed E-state index contributed by atoms with van der Waals surface area (Å²) in [5.41, 5.74) is -0.712. The van der Waals surface area contributed by atoms with Gasteiger partial charge in [-0.2, -0.15) is 0 Å². The Morgan fingerprint density at radius 3 is 2.62 bits per heavy atom. The molecule has 13 heavy (non-hydrogen) atoms. The van der Waals surface area contributed by atoms with Gasteiger partial charge in [0.2, 0.25) is 0 Å². The van der Waals surface area contributed by atoms with Crippen molar-refractivity contribution >= 4 is 5.97 Å². The van der Waals surface area contributed by atoms with Crippen LogP contribution in [0.4, 0.5) is 0 Å². The lowest BCUT2D eigenvalue weighted by Gasteiger charge is -2.25. The summed E-state index contributed by atoms with van der Waals surface area (Å²) in [7, 11) is 0. The van der Waals surface area contributed by atoms with Crippen LogP contribution in [0.1, 0.15) is 25.7 Å². The van der Waals surface area contributed by atoms with E-state index in [1.54, 1.807) is 23.3 Å². The Labute approximate surface area is 76.2 Å². The number of aliphatic carboxylic acids is 1. The van der Waals surface area contributed by atoms with Crippen molar-refractivity contribution in [3.8, 4) is 0 Å². The monoisotopic (exact) mass is 180 g/mol. The maximum atomic E-state index is 11.2. The highest BCUT2D eigenvalue weighted by Gasteiger charge is 2.42. The molecule has 0 radical (unpaired) electrons. The van der Waals surface area contributed by atoms with Crippen LogP contribution < -0.4 is 0 Å². The number of nitrogens with zero attached hydrogens (tertiary/aromatic N) is 2. The highest BCUT2D eigenvalue weighted by atomic mass is 16.4. The van der Waals surface area contributed by atoms with Gasteiger partial charge in [0.15, 0.2) is 0 Å². The van der Waals surface area contributed by atoms with Crippen molar-refractivity contribution in [1.82, 2.24) is 9.55 Å². The van der Waals surface area contributed by atoms with E-state index in [4.69, 9.17) is 0 Å². The van der Waals surface area contributed by atoms with E-state index >= 15 is 0 Å². The predicted molar refractivity (Wildman–Crippen MR) is 46.3 cm³/mol. The van der Waals surface area contributed by atoms with Crippen LogP contribution in [0.15, 0.2) is 18.7 Å². The molecule has 1 N–H and O–H groups in total. The van der Waals surface area contributed by atoms with Gasteiger partial charge in [0.05, 0.1) is 6.33 Å². The van der Waals surface area contributed by atoms with Crippen LogP contribution in [0.2, 0.25) is 0 Å². The minimum absolute atomic E-state index is 0.712. The molecule has 1 saturated carbocycles. The van der Waals surface area contributed by atoms with E-state index in [0.29, 0.717) is 0 Å². The quantitative estimate of drug-likeness (QED) is 0.744. The zero-order chi connectivity index (χ0) is 9.31. The molecule has 0 bridgehead atoms. The molecule has 0 aromatic carbocycles. The van der Waals surface area contributed by atoms with E-state index in [1.807, 2.05) is 0 Å². The fraction of sp³-hybridized carbons (Fsp3) is 0.556. The number of aromatic nitrogens is 2. The van der Waals surface area contributed by atoms with Crippen molar-refractivity contribution in [3.63, 3.8) is 0 Å². The zero-order valence-corrected chi connectivity index (χ0v) is 7.31. The number of imidazole rings is 1. The maximum absolute atomic E-state index is 11.2. The molecule has 0 saturated heterocycles. The Kier molecular flexibility index (Phi) is 1.83. The average molecular weight is 180 g/mol. The Morgan fingerprint density at radius 2 is 2.15 bits per heavy atom. The molecule has 0 spiro atoms. The summed E-state index contributed by atoms with van der Waals surface area (Å²) in [6.45, 7) is 0. The second-order valence-corrected chi connectivity index (χ2v) is 3.51. The van der Waals surface area contributed by atoms with E-state index in [0.717, 1.165) is 25.7 Å². The van der Waals surface area contributed by atoms with Crippen LogP contribution in [0.25, 0.3) is 0 Å². The van der Waals surface area contributed by atoms with Crippen molar-refractivity contribution in [2.24, 2.45) is 0 Å². The lowest BCUT2D eigenvalue weighted by molar-refractivity contribution is -0.147. The van der Waals surface area contributed by atoms with Gasteiger partial charge in [-0.3, -0.25) is 0 Å². The molecule has 1 aliphatic carbocycles. The second-order valence-electron chi connectivity index (χ2n) is 3.51. The van der Waals surface area contributed by atoms with Crippen LogP contribution in [0, 0.1) is 0 Å². The summed E-state index contributed by atoms with van der Waals surface area (Å²) >= 11 is 0. The first kappa shape index (κ1) is 8.29. The van der Waals surface area contributed by atoms with E-state index in [1.165, 1.54) is 0 Å². The third-order valence-corrected chi connectivity index (χ3v) is 2.83. The molecule has 0 amide bonds. The van der Waals surface area contributed by atoms with Crippen LogP contribution in [-0.4, -0.2) is 20.6 Å². The Bertz CT molecular complexity index is 299. The van der Waals surface area contributed by atoms with Gasteiger partial charge < -0.3 is 9.67 Å². The Hall–Kier alpha value is -1.32. The minimum Gasteiger partial charge on any atom is -0.479 e. The molecule has 4 nitrogen and oxygen atoms in total. The highest BCUT2D eigenvalue weighted by Crippen LogP contribution is 2.36. The van der Waals surface area contributed by atoms with Gasteiger partial charge in [-0.25, -0.2) is 9.78 Å². The minimum atomic E-state index is -0.733. The Morgan fingerprint density at radius 1 is 1.46 bits per heavy atom. The first-order valence-corrected chi connectivity index (χ1v) is 4.47. The fourth-order valence-corrected chi connectivity index (χ4v) is 2.05. The van der Waals surface area contributed by atoms with E-state index in [2.05, 4.69) is 4.98 Å². The summed E-state index contributed by atoms with van der Waals surface area (Å²) < 4.78 is 1.72. The van der Waals surface area contributed by atoms with E-state index in [9.17, 15) is 9.90 Å². The van der Waals surface area contributed by atoms with Crippen LogP contribution >= 0.6 is 0 Å². The van der Waals surface area contributed by atoms with Gasteiger partial charge in [0.1, 0.15) is 5.54 Å². The smallest absolute Gasteiger partial charge is 0.329 e. The summed E-state index contributed by atoms with van der Waals surface area (Å²) in [4.78, 5) is 15.1. The van der Waals surface area contributed by atoms with Crippen LogP contribution in [0.3, 0.4) is 0 Å². The summed E-state index contributed by atoms with van der Waals surface area (Å²) in [6, 6.07) is 0. The molecular weight excluding hydrogens is 168 g/mol. The molecule has 1 aromatic rings. The summed E-state index contributed by atoms with van der Waals surface area (Å²) in [5, 5.41) is 9.19. The van der Waals surface area contributed by atoms with Gasteiger partial charge in [0, 0.05) is 12.4 Å². The standard InChI is InChI=1S/C9H12N2O2/c12-8(13)9(3-1-2-4-9)11-6-5-10-7-11/h5-7H,1-4H2,(H,12,13). The number of hydrogen-bond donors (Lipinski definition) is 1. The molecule has 1 heterocycles. The molecule has 0 unspecified atom stereocenters. The molecule has 0 atom stereocenters. The number of carbonyl (C=O) groups is 1. The SMILES string of the molecule is O=C(O)C1(n2ccnc2)CCCC1. The van der Waals surface area contributed by atoms with Gasteiger partial charge in [-0.1, -0.05) is 12.8 Å². The number of hydrogen-bond acceptors (Lipinski definition) is 2. The van der Waals surface area contributed by atoms with Gasteiger partial charge in [-0.15, -0.1) is 0 Å². The van der Waals surface area contributed by atoms with Crippen LogP contribution in [-0.2, 0) is 10.3 Å². The molecule has 2 rings (SSSR count). The zero-order valence-electron chi connectivity index (χ0n) is 7.31. The average Bonchev–Trinajstić information content (AvgIpc) is 2.75. The lowest BCUT2D eigenvalue weighted by atomic mass is 9.98. The first-order valence-electron chi connectivity index (χ1n) is 4.47. The van der Waals surface area contributed by atoms with E-state index < -0.39 is 11.5 Å². The first-order chi connectivity index (χ1) is 6.26. The Balaban J connectivity index is 2.39. The normalized spacial score (nSPS) is 20.3. The van der Waals surface area contributed by atoms with Crippen molar-refractivity contribution in [2.45, 2.75) is 31.2 Å². The van der Waals surface area contributed by atoms with Gasteiger partial charge in [-0.05, 0) is 12.8 Å². The lowest BCUT2D eigenvalue weighted by Crippen LogP contribution is -2.38. The number of carboxylic acid groups (broad SMARTS) is 1. The largest absolute Gasteiger partial charge is 0.479 e. The molecule has 0 aliphatic heterocycles. The topological polar surface area (TPSA) is 55.1 Å². The summed E-state index contributed by atoms with van der Waals surface area (Å²) in [6.07, 6.45) is 8.38. The molecule has 1 fully saturated rings. The van der Waals surface area contributed by atoms with Crippen molar-refractivity contribution in [2.75, 3.05) is 0 Å². The maximum Gasteiger partial charge on any atom is 0.329 e. The third-order valence-electron chi connectivity index (χ3n) is 2.83. The number of rotatable bonds is 2. The second kappa shape index (κ2) is 2.87. The predicted octanol–water partition coefficient (Wildman–Crippen LogP) is 1.24. The third kappa shape index (κ3) is 1.13. The van der Waals surface area contributed by atoms with E-state index in [-0.39, 0.29) is 0 Å². The molecule has 4 heteroatoms. The molecule has 1 aromatic heterocycles. The van der Waals surface area contributed by atoms with Crippen LogP contribution in [0.5, 0.6) is 0 Å². The summed E-state index contributed by atoms with van der Waals surface area (Å²) in [5.74, 6) is -0.733. The van der Waals surface area contributed by atoms with Crippen molar-refractivity contribution in [1.29, 1.82) is 0 Å². The molecule has 1 aliphatic rings. The fourth-order valence-electron chi connectivity index (χ4n) is 2.05. The van der Waals surface area contributed by atoms with Gasteiger partial charge >= 0.3 is 5.97 Å². The number of carboxylic acids is 1. The van der Waals surface area contributed by atoms with Crippen molar-refractivity contribution < 1.29 is 9.90 Å². The molecular formula is C9H12N2O2. The van der Waals surface area contributed by atoms with Gasteiger partial charge in [0.25, 0.3) is 0 Å². The van der Waals surface area contributed by atoms with Crippen molar-refractivity contribution in [3.05, 3.63) is 18.7 Å². The molecule has 70 valence electrons.